The van der Waals surface area contributed by atoms with Crippen LogP contribution in [-0.2, 0) is 4.79 Å². The van der Waals surface area contributed by atoms with Crippen LogP contribution in [0.4, 0.5) is 0 Å². The highest BCUT2D eigenvalue weighted by atomic mass is 35.5. The number of nitrogens with one attached hydrogen (secondary N) is 1. The smallest absolute Gasteiger partial charge is 0.224 e. The van der Waals surface area contributed by atoms with Gasteiger partial charge in [0.15, 0.2) is 0 Å². The average Bonchev–Trinajstić information content (AvgIpc) is 2.37. The maximum atomic E-state index is 12.4. The Morgan fingerprint density at radius 1 is 1.20 bits per heavy atom. The normalized spacial score (nSPS) is 37.9. The first-order chi connectivity index (χ1) is 9.00. The van der Waals surface area contributed by atoms with Gasteiger partial charge in [0.05, 0.1) is 5.92 Å². The second-order valence-electron chi connectivity index (χ2n) is 7.07. The summed E-state index contributed by atoms with van der Waals surface area (Å²) in [6.07, 6.45) is 9.51. The molecule has 2 aliphatic carbocycles. The van der Waals surface area contributed by atoms with Crippen molar-refractivity contribution in [2.75, 3.05) is 6.54 Å². The van der Waals surface area contributed by atoms with E-state index in [2.05, 4.69) is 12.2 Å². The Balaban J connectivity index is 0.00000200. The zero-order chi connectivity index (χ0) is 13.9. The Bertz CT molecular complexity index is 320. The molecule has 3 N–H and O–H groups in total. The van der Waals surface area contributed by atoms with Crippen LogP contribution in [0.25, 0.3) is 0 Å². The number of hydrogen-bond donors (Lipinski definition) is 2. The predicted molar refractivity (Wildman–Crippen MR) is 85.9 cm³/mol. The van der Waals surface area contributed by atoms with Gasteiger partial charge >= 0.3 is 0 Å². The first-order valence-electron chi connectivity index (χ1n) is 8.07. The van der Waals surface area contributed by atoms with E-state index < -0.39 is 0 Å². The van der Waals surface area contributed by atoms with Gasteiger partial charge in [-0.3, -0.25) is 4.79 Å². The molecule has 4 unspecified atom stereocenters. The highest BCUT2D eigenvalue weighted by Crippen LogP contribution is 2.32. The highest BCUT2D eigenvalue weighted by Gasteiger charge is 2.37. The number of carbonyl (C=O) groups excluding carboxylic acids is 1. The van der Waals surface area contributed by atoms with Crippen molar-refractivity contribution in [3.05, 3.63) is 0 Å². The Kier molecular flexibility index (Phi) is 6.80. The van der Waals surface area contributed by atoms with Crippen LogP contribution in [0.15, 0.2) is 0 Å². The third-order valence-electron chi connectivity index (χ3n) is 5.40. The van der Waals surface area contributed by atoms with Crippen molar-refractivity contribution in [1.82, 2.24) is 5.32 Å². The van der Waals surface area contributed by atoms with Crippen LogP contribution < -0.4 is 11.1 Å². The molecule has 0 spiro atoms. The van der Waals surface area contributed by atoms with E-state index in [4.69, 9.17) is 5.73 Å². The number of rotatable bonds is 3. The molecule has 3 nitrogen and oxygen atoms in total. The largest absolute Gasteiger partial charge is 0.356 e. The van der Waals surface area contributed by atoms with Crippen LogP contribution in [0.5, 0.6) is 0 Å². The number of nitrogens with two attached hydrogens (primary N) is 1. The quantitative estimate of drug-likeness (QED) is 0.841. The monoisotopic (exact) mass is 302 g/mol. The van der Waals surface area contributed by atoms with Crippen molar-refractivity contribution in [1.29, 1.82) is 0 Å². The zero-order valence-corrected chi connectivity index (χ0v) is 13.8. The molecule has 2 aliphatic rings. The fraction of sp³-hybridized carbons (Fsp3) is 0.938. The highest BCUT2D eigenvalue weighted by molar-refractivity contribution is 5.85. The summed E-state index contributed by atoms with van der Waals surface area (Å²) in [5, 5.41) is 3.19. The van der Waals surface area contributed by atoms with Gasteiger partial charge in [-0.2, -0.15) is 0 Å². The first kappa shape index (κ1) is 17.8. The lowest BCUT2D eigenvalue weighted by atomic mass is 9.74. The number of halogens is 1. The summed E-state index contributed by atoms with van der Waals surface area (Å²) in [6.45, 7) is 5.22. The minimum absolute atomic E-state index is 0. The predicted octanol–water partition coefficient (Wildman–Crippen LogP) is 3.26. The minimum Gasteiger partial charge on any atom is -0.356 e. The molecule has 0 saturated heterocycles. The fourth-order valence-corrected chi connectivity index (χ4v) is 3.84. The Morgan fingerprint density at radius 3 is 2.50 bits per heavy atom. The molecule has 0 aromatic carbocycles. The van der Waals surface area contributed by atoms with Crippen molar-refractivity contribution in [2.45, 2.75) is 70.8 Å². The first-order valence-corrected chi connectivity index (χ1v) is 8.07. The zero-order valence-electron chi connectivity index (χ0n) is 13.0. The molecule has 4 atom stereocenters. The SMILES string of the molecule is CC1CCCCC1CNC(=O)C1CCCCC1(C)N.Cl. The maximum absolute atomic E-state index is 12.4. The number of amides is 1. The maximum Gasteiger partial charge on any atom is 0.224 e. The van der Waals surface area contributed by atoms with E-state index in [1.54, 1.807) is 0 Å². The van der Waals surface area contributed by atoms with E-state index in [9.17, 15) is 4.79 Å². The summed E-state index contributed by atoms with van der Waals surface area (Å²) in [7, 11) is 0. The molecule has 118 valence electrons. The molecule has 2 saturated carbocycles. The van der Waals surface area contributed by atoms with Crippen LogP contribution in [0, 0.1) is 17.8 Å². The molecule has 0 aliphatic heterocycles. The lowest BCUT2D eigenvalue weighted by Crippen LogP contribution is -2.53. The second-order valence-corrected chi connectivity index (χ2v) is 7.07. The van der Waals surface area contributed by atoms with Crippen molar-refractivity contribution >= 4 is 18.3 Å². The van der Waals surface area contributed by atoms with E-state index in [1.165, 1.54) is 25.7 Å². The van der Waals surface area contributed by atoms with Crippen molar-refractivity contribution in [3.8, 4) is 0 Å². The summed E-state index contributed by atoms with van der Waals surface area (Å²) in [5.74, 6) is 1.64. The third kappa shape index (κ3) is 4.36. The topological polar surface area (TPSA) is 55.1 Å². The minimum atomic E-state index is -0.305. The second kappa shape index (κ2) is 7.65. The third-order valence-corrected chi connectivity index (χ3v) is 5.40. The molecule has 4 heteroatoms. The van der Waals surface area contributed by atoms with Crippen molar-refractivity contribution < 1.29 is 4.79 Å². The van der Waals surface area contributed by atoms with E-state index in [1.807, 2.05) is 6.92 Å². The van der Waals surface area contributed by atoms with Crippen LogP contribution in [-0.4, -0.2) is 18.0 Å². The Labute approximate surface area is 129 Å². The summed E-state index contributed by atoms with van der Waals surface area (Å²) in [5.41, 5.74) is 5.99. The van der Waals surface area contributed by atoms with E-state index in [0.29, 0.717) is 5.92 Å². The number of hydrogen-bond acceptors (Lipinski definition) is 2. The summed E-state index contributed by atoms with van der Waals surface area (Å²) in [6, 6.07) is 0. The van der Waals surface area contributed by atoms with Gasteiger partial charge in [-0.1, -0.05) is 39.0 Å². The van der Waals surface area contributed by atoms with Crippen molar-refractivity contribution in [2.24, 2.45) is 23.5 Å². The molecule has 0 radical (unpaired) electrons. The molecular weight excluding hydrogens is 272 g/mol. The standard InChI is InChI=1S/C16H30N2O.ClH/c1-12-7-3-4-8-13(12)11-18-15(19)14-9-5-6-10-16(14,2)17;/h12-14H,3-11,17H2,1-2H3,(H,18,19);1H. The van der Waals surface area contributed by atoms with E-state index in [0.717, 1.165) is 38.1 Å². The van der Waals surface area contributed by atoms with Gasteiger partial charge in [-0.15, -0.1) is 12.4 Å². The molecule has 0 bridgehead atoms. The van der Waals surface area contributed by atoms with Gasteiger partial charge in [-0.25, -0.2) is 0 Å². The van der Waals surface area contributed by atoms with Crippen molar-refractivity contribution in [3.63, 3.8) is 0 Å². The van der Waals surface area contributed by atoms with Crippen LogP contribution in [0.2, 0.25) is 0 Å². The van der Waals surface area contributed by atoms with E-state index in [-0.39, 0.29) is 29.8 Å². The average molecular weight is 303 g/mol. The van der Waals surface area contributed by atoms with Crippen LogP contribution >= 0.6 is 12.4 Å². The molecule has 0 aromatic rings. The molecule has 2 rings (SSSR count). The van der Waals surface area contributed by atoms with Gasteiger partial charge in [0.2, 0.25) is 5.91 Å². The van der Waals surface area contributed by atoms with Crippen LogP contribution in [0.1, 0.15) is 65.2 Å². The van der Waals surface area contributed by atoms with Gasteiger partial charge in [0.1, 0.15) is 0 Å². The summed E-state index contributed by atoms with van der Waals surface area (Å²) < 4.78 is 0. The lowest BCUT2D eigenvalue weighted by molar-refractivity contribution is -0.128. The van der Waals surface area contributed by atoms with Gasteiger partial charge < -0.3 is 11.1 Å². The molecular formula is C16H31ClN2O. The van der Waals surface area contributed by atoms with Gasteiger partial charge in [0, 0.05) is 12.1 Å². The molecule has 0 aromatic heterocycles. The number of carbonyl (C=O) groups is 1. The van der Waals surface area contributed by atoms with Gasteiger partial charge in [-0.05, 0) is 38.0 Å². The molecule has 1 amide bonds. The summed E-state index contributed by atoms with van der Waals surface area (Å²) in [4.78, 5) is 12.4. The summed E-state index contributed by atoms with van der Waals surface area (Å²) >= 11 is 0. The van der Waals surface area contributed by atoms with Crippen LogP contribution in [0.3, 0.4) is 0 Å². The van der Waals surface area contributed by atoms with Gasteiger partial charge in [0.25, 0.3) is 0 Å². The molecule has 20 heavy (non-hydrogen) atoms. The van der Waals surface area contributed by atoms with E-state index >= 15 is 0 Å². The molecule has 0 heterocycles. The lowest BCUT2D eigenvalue weighted by Gasteiger charge is -2.38. The molecule has 2 fully saturated rings. The Hall–Kier alpha value is -0.280. The fourth-order valence-electron chi connectivity index (χ4n) is 3.84. The Morgan fingerprint density at radius 2 is 1.85 bits per heavy atom.